The van der Waals surface area contributed by atoms with Crippen LogP contribution in [-0.4, -0.2) is 16.4 Å². The third kappa shape index (κ3) is 4.66. The summed E-state index contributed by atoms with van der Waals surface area (Å²) in [5.74, 6) is 6.04. The van der Waals surface area contributed by atoms with Gasteiger partial charge < -0.3 is 5.21 Å². The summed E-state index contributed by atoms with van der Waals surface area (Å²) in [6.45, 7) is 5.72. The summed E-state index contributed by atoms with van der Waals surface area (Å²) < 4.78 is 0. The SMILES string of the molecule is C=C/C(=C\C)CCC#Cc1ncc(/C=N/O)s1. The van der Waals surface area contributed by atoms with Crippen LogP contribution in [0.25, 0.3) is 0 Å². The van der Waals surface area contributed by atoms with Crippen molar-refractivity contribution < 1.29 is 5.21 Å². The predicted octanol–water partition coefficient (Wildman–Crippen LogP) is 3.22. The van der Waals surface area contributed by atoms with Gasteiger partial charge in [-0.2, -0.15) is 0 Å². The van der Waals surface area contributed by atoms with Crippen LogP contribution in [0.2, 0.25) is 0 Å². The minimum absolute atomic E-state index is 0.737. The molecule has 0 amide bonds. The van der Waals surface area contributed by atoms with Crippen LogP contribution in [0.3, 0.4) is 0 Å². The van der Waals surface area contributed by atoms with Crippen molar-refractivity contribution in [2.75, 3.05) is 0 Å². The van der Waals surface area contributed by atoms with Crippen molar-refractivity contribution in [1.82, 2.24) is 4.98 Å². The Morgan fingerprint density at radius 2 is 2.53 bits per heavy atom. The molecular weight excluding hydrogens is 232 g/mol. The van der Waals surface area contributed by atoms with Gasteiger partial charge in [-0.05, 0) is 19.3 Å². The lowest BCUT2D eigenvalue weighted by atomic mass is 10.1. The largest absolute Gasteiger partial charge is 0.411 e. The highest BCUT2D eigenvalue weighted by Gasteiger charge is 1.95. The maximum absolute atomic E-state index is 8.36. The molecule has 1 heterocycles. The summed E-state index contributed by atoms with van der Waals surface area (Å²) in [4.78, 5) is 4.89. The fourth-order valence-corrected chi connectivity index (χ4v) is 1.83. The summed E-state index contributed by atoms with van der Waals surface area (Å²) >= 11 is 1.40. The molecule has 0 aliphatic rings. The molecule has 88 valence electrons. The molecule has 0 aromatic carbocycles. The van der Waals surface area contributed by atoms with Crippen LogP contribution in [0.15, 0.2) is 35.7 Å². The molecule has 17 heavy (non-hydrogen) atoms. The van der Waals surface area contributed by atoms with Gasteiger partial charge in [-0.1, -0.05) is 35.4 Å². The lowest BCUT2D eigenvalue weighted by molar-refractivity contribution is 0.322. The van der Waals surface area contributed by atoms with Crippen LogP contribution in [0.4, 0.5) is 0 Å². The number of hydrogen-bond acceptors (Lipinski definition) is 4. The zero-order valence-electron chi connectivity index (χ0n) is 9.68. The van der Waals surface area contributed by atoms with Crippen molar-refractivity contribution >= 4 is 17.6 Å². The highest BCUT2D eigenvalue weighted by molar-refractivity contribution is 7.13. The average Bonchev–Trinajstić information content (AvgIpc) is 2.78. The van der Waals surface area contributed by atoms with E-state index in [1.54, 1.807) is 6.20 Å². The van der Waals surface area contributed by atoms with Crippen LogP contribution >= 0.6 is 11.3 Å². The Hall–Kier alpha value is -1.86. The molecule has 0 aliphatic heterocycles. The third-order valence-corrected chi connectivity index (χ3v) is 2.92. The van der Waals surface area contributed by atoms with E-state index in [9.17, 15) is 0 Å². The Kier molecular flexibility index (Phi) is 5.76. The van der Waals surface area contributed by atoms with E-state index in [0.29, 0.717) is 0 Å². The van der Waals surface area contributed by atoms with Gasteiger partial charge in [0.2, 0.25) is 0 Å². The molecule has 4 heteroatoms. The molecule has 0 saturated carbocycles. The molecule has 0 aliphatic carbocycles. The van der Waals surface area contributed by atoms with Gasteiger partial charge in [-0.15, -0.1) is 11.3 Å². The Bertz CT molecular complexity index is 489. The van der Waals surface area contributed by atoms with Crippen molar-refractivity contribution in [1.29, 1.82) is 0 Å². The van der Waals surface area contributed by atoms with Crippen LogP contribution in [0.1, 0.15) is 29.7 Å². The summed E-state index contributed by atoms with van der Waals surface area (Å²) in [5, 5.41) is 12.0. The van der Waals surface area contributed by atoms with Crippen LogP contribution in [0.5, 0.6) is 0 Å². The minimum Gasteiger partial charge on any atom is -0.411 e. The first-order valence-electron chi connectivity index (χ1n) is 5.20. The number of rotatable bonds is 4. The van der Waals surface area contributed by atoms with Crippen molar-refractivity contribution in [2.24, 2.45) is 5.16 Å². The van der Waals surface area contributed by atoms with Crippen LogP contribution < -0.4 is 0 Å². The molecular formula is C13H14N2OS. The van der Waals surface area contributed by atoms with E-state index < -0.39 is 0 Å². The Labute approximate surface area is 105 Å². The van der Waals surface area contributed by atoms with Crippen molar-refractivity contribution in [3.63, 3.8) is 0 Å². The van der Waals surface area contributed by atoms with E-state index in [4.69, 9.17) is 5.21 Å². The fraction of sp³-hybridized carbons (Fsp3) is 0.231. The van der Waals surface area contributed by atoms with E-state index in [1.807, 2.05) is 19.1 Å². The summed E-state index contributed by atoms with van der Waals surface area (Å²) in [5.41, 5.74) is 1.20. The van der Waals surface area contributed by atoms with E-state index >= 15 is 0 Å². The standard InChI is InChI=1S/C13H14N2OS/c1-3-11(4-2)7-5-6-8-13-14-9-12(17-13)10-15-16/h3-4,9-10,16H,1,5,7H2,2H3/b11-4+,15-10+. The normalized spacial score (nSPS) is 11.2. The second-order valence-corrected chi connectivity index (χ2v) is 4.24. The smallest absolute Gasteiger partial charge is 0.167 e. The molecule has 0 bridgehead atoms. The maximum atomic E-state index is 8.36. The zero-order chi connectivity index (χ0) is 12.5. The monoisotopic (exact) mass is 246 g/mol. The second-order valence-electron chi connectivity index (χ2n) is 3.18. The molecule has 0 unspecified atom stereocenters. The van der Waals surface area contributed by atoms with E-state index in [0.717, 1.165) is 22.7 Å². The topological polar surface area (TPSA) is 45.5 Å². The number of nitrogens with zero attached hydrogens (tertiary/aromatic N) is 2. The molecule has 0 radical (unpaired) electrons. The highest BCUT2D eigenvalue weighted by atomic mass is 32.1. The van der Waals surface area contributed by atoms with Crippen LogP contribution in [0, 0.1) is 11.8 Å². The molecule has 0 fully saturated rings. The van der Waals surface area contributed by atoms with E-state index in [2.05, 4.69) is 28.6 Å². The molecule has 1 aromatic heterocycles. The quantitative estimate of drug-likeness (QED) is 0.291. The van der Waals surface area contributed by atoms with E-state index in [-0.39, 0.29) is 0 Å². The Balaban J connectivity index is 2.51. The summed E-state index contributed by atoms with van der Waals surface area (Å²) in [7, 11) is 0. The van der Waals surface area contributed by atoms with E-state index in [1.165, 1.54) is 23.1 Å². The Morgan fingerprint density at radius 3 is 3.18 bits per heavy atom. The Morgan fingerprint density at radius 1 is 1.71 bits per heavy atom. The van der Waals surface area contributed by atoms with Gasteiger partial charge in [0.15, 0.2) is 5.01 Å². The van der Waals surface area contributed by atoms with Gasteiger partial charge >= 0.3 is 0 Å². The lowest BCUT2D eigenvalue weighted by Crippen LogP contribution is -1.76. The second kappa shape index (κ2) is 7.42. The number of allylic oxidation sites excluding steroid dienone is 3. The molecule has 1 aromatic rings. The van der Waals surface area contributed by atoms with Gasteiger partial charge in [-0.3, -0.25) is 0 Å². The van der Waals surface area contributed by atoms with Gasteiger partial charge in [0.05, 0.1) is 11.1 Å². The first kappa shape index (κ1) is 13.2. The number of thiazole rings is 1. The van der Waals surface area contributed by atoms with Crippen molar-refractivity contribution in [3.05, 3.63) is 40.4 Å². The lowest BCUT2D eigenvalue weighted by Gasteiger charge is -1.93. The number of aromatic nitrogens is 1. The fourth-order valence-electron chi connectivity index (χ4n) is 1.17. The first-order valence-corrected chi connectivity index (χ1v) is 6.01. The summed E-state index contributed by atoms with van der Waals surface area (Å²) in [6, 6.07) is 0. The molecule has 0 saturated heterocycles. The van der Waals surface area contributed by atoms with Crippen LogP contribution in [-0.2, 0) is 0 Å². The minimum atomic E-state index is 0.737. The molecule has 0 atom stereocenters. The van der Waals surface area contributed by atoms with Gasteiger partial charge in [0.25, 0.3) is 0 Å². The third-order valence-electron chi connectivity index (χ3n) is 2.08. The number of hydrogen-bond donors (Lipinski definition) is 1. The van der Waals surface area contributed by atoms with Crippen molar-refractivity contribution in [2.45, 2.75) is 19.8 Å². The molecule has 1 rings (SSSR count). The summed E-state index contributed by atoms with van der Waals surface area (Å²) in [6.07, 6.45) is 8.56. The average molecular weight is 246 g/mol. The highest BCUT2D eigenvalue weighted by Crippen LogP contribution is 2.10. The van der Waals surface area contributed by atoms with Gasteiger partial charge in [0.1, 0.15) is 0 Å². The predicted molar refractivity (Wildman–Crippen MR) is 71.6 cm³/mol. The molecule has 0 spiro atoms. The van der Waals surface area contributed by atoms with Crippen molar-refractivity contribution in [3.8, 4) is 11.8 Å². The van der Waals surface area contributed by atoms with Gasteiger partial charge in [-0.25, -0.2) is 4.98 Å². The molecule has 1 N–H and O–H groups in total. The van der Waals surface area contributed by atoms with Gasteiger partial charge in [0, 0.05) is 12.6 Å². The zero-order valence-corrected chi connectivity index (χ0v) is 10.5. The molecule has 3 nitrogen and oxygen atoms in total. The number of oxime groups is 1. The maximum Gasteiger partial charge on any atom is 0.167 e. The first-order chi connectivity index (χ1) is 8.30.